The van der Waals surface area contributed by atoms with Gasteiger partial charge in [-0.25, -0.2) is 8.42 Å². The first-order chi connectivity index (χ1) is 7.02. The van der Waals surface area contributed by atoms with E-state index in [1.54, 1.807) is 0 Å². The number of carbonyl (C=O) groups is 1. The van der Waals surface area contributed by atoms with Crippen molar-refractivity contribution in [2.24, 2.45) is 11.8 Å². The average Bonchev–Trinajstić information content (AvgIpc) is 2.16. The highest BCUT2D eigenvalue weighted by molar-refractivity contribution is 7.93. The van der Waals surface area contributed by atoms with E-state index in [9.17, 15) is 13.2 Å². The first-order valence-corrected chi connectivity index (χ1v) is 7.18. The highest BCUT2D eigenvalue weighted by Crippen LogP contribution is 2.40. The molecular weight excluding hydrogens is 216 g/mol. The highest BCUT2D eigenvalue weighted by atomic mass is 32.2. The van der Waals surface area contributed by atoms with Crippen LogP contribution >= 0.6 is 0 Å². The van der Waals surface area contributed by atoms with Gasteiger partial charge in [0.1, 0.15) is 0 Å². The molecule has 0 spiro atoms. The van der Waals surface area contributed by atoms with Gasteiger partial charge in [0.2, 0.25) is 0 Å². The highest BCUT2D eigenvalue weighted by Gasteiger charge is 2.53. The number of carboxylic acids is 1. The quantitative estimate of drug-likeness (QED) is 0.773. The van der Waals surface area contributed by atoms with E-state index in [-0.39, 0.29) is 11.7 Å². The number of hydrogen-bond acceptors (Lipinski definition) is 3. The summed E-state index contributed by atoms with van der Waals surface area (Å²) in [5, 5.41) is 8.31. The molecule has 2 atom stereocenters. The molecule has 1 saturated heterocycles. The molecule has 86 valence electrons. The van der Waals surface area contributed by atoms with Crippen LogP contribution in [0.25, 0.3) is 0 Å². The molecule has 4 nitrogen and oxygen atoms in total. The average molecular weight is 232 g/mol. The van der Waals surface area contributed by atoms with Crippen LogP contribution in [-0.4, -0.2) is 30.5 Å². The first-order valence-electron chi connectivity index (χ1n) is 5.47. The van der Waals surface area contributed by atoms with Crippen LogP contribution in [0.3, 0.4) is 0 Å². The van der Waals surface area contributed by atoms with Crippen LogP contribution in [0.2, 0.25) is 0 Å². The minimum absolute atomic E-state index is 0.0959. The number of aliphatic carboxylic acids is 1. The van der Waals surface area contributed by atoms with E-state index in [1.165, 1.54) is 0 Å². The molecule has 2 aliphatic rings. The van der Waals surface area contributed by atoms with Crippen LogP contribution in [0, 0.1) is 11.8 Å². The zero-order valence-electron chi connectivity index (χ0n) is 8.55. The molecule has 1 N–H and O–H groups in total. The normalized spacial score (nSPS) is 35.7. The van der Waals surface area contributed by atoms with E-state index in [0.717, 1.165) is 32.1 Å². The van der Waals surface area contributed by atoms with E-state index < -0.39 is 27.0 Å². The Labute approximate surface area is 89.6 Å². The van der Waals surface area contributed by atoms with E-state index in [4.69, 9.17) is 5.11 Å². The first kappa shape index (κ1) is 10.9. The third-order valence-corrected chi connectivity index (χ3v) is 6.02. The van der Waals surface area contributed by atoms with Crippen molar-refractivity contribution >= 4 is 15.8 Å². The molecule has 1 heterocycles. The van der Waals surface area contributed by atoms with Gasteiger partial charge in [0.25, 0.3) is 0 Å². The Hall–Kier alpha value is -0.580. The molecule has 2 fully saturated rings. The largest absolute Gasteiger partial charge is 0.481 e. The lowest BCUT2D eigenvalue weighted by molar-refractivity contribution is -0.142. The third-order valence-electron chi connectivity index (χ3n) is 3.65. The van der Waals surface area contributed by atoms with Crippen LogP contribution < -0.4 is 0 Å². The van der Waals surface area contributed by atoms with Gasteiger partial charge >= 0.3 is 5.97 Å². The molecule has 1 aliphatic carbocycles. The Morgan fingerprint density at radius 2 is 1.73 bits per heavy atom. The van der Waals surface area contributed by atoms with Crippen molar-refractivity contribution in [3.05, 3.63) is 0 Å². The van der Waals surface area contributed by atoms with Gasteiger partial charge in [0.05, 0.1) is 16.9 Å². The van der Waals surface area contributed by atoms with Gasteiger partial charge in [-0.1, -0.05) is 19.3 Å². The standard InChI is InChI=1S/C10H16O4S/c11-10(12)8-6-15(13,14)9(8)7-4-2-1-3-5-7/h7-9H,1-6H2,(H,11,12). The molecule has 0 radical (unpaired) electrons. The van der Waals surface area contributed by atoms with Gasteiger partial charge in [-0.3, -0.25) is 4.79 Å². The topological polar surface area (TPSA) is 71.4 Å². The second kappa shape index (κ2) is 3.77. The third kappa shape index (κ3) is 1.89. The molecule has 15 heavy (non-hydrogen) atoms. The number of rotatable bonds is 2. The van der Waals surface area contributed by atoms with Gasteiger partial charge in [-0.15, -0.1) is 0 Å². The van der Waals surface area contributed by atoms with Gasteiger partial charge in [-0.2, -0.15) is 0 Å². The van der Waals surface area contributed by atoms with Crippen molar-refractivity contribution in [3.8, 4) is 0 Å². The summed E-state index contributed by atoms with van der Waals surface area (Å²) in [4.78, 5) is 10.9. The fraction of sp³-hybridized carbons (Fsp3) is 0.900. The fourth-order valence-electron chi connectivity index (χ4n) is 2.88. The van der Waals surface area contributed by atoms with Crippen LogP contribution in [0.1, 0.15) is 32.1 Å². The Kier molecular flexibility index (Phi) is 2.75. The fourth-order valence-corrected chi connectivity index (χ4v) is 5.17. The van der Waals surface area contributed by atoms with E-state index >= 15 is 0 Å². The Balaban J connectivity index is 2.13. The molecule has 2 rings (SSSR count). The second-order valence-corrected chi connectivity index (χ2v) is 6.84. The maximum absolute atomic E-state index is 11.6. The summed E-state index contributed by atoms with van der Waals surface area (Å²) in [6.07, 6.45) is 5.01. The second-order valence-electron chi connectivity index (χ2n) is 4.64. The maximum atomic E-state index is 11.6. The van der Waals surface area contributed by atoms with Crippen LogP contribution in [0.4, 0.5) is 0 Å². The molecule has 1 aliphatic heterocycles. The molecule has 0 aromatic carbocycles. The van der Waals surface area contributed by atoms with Crippen molar-refractivity contribution in [1.29, 1.82) is 0 Å². The summed E-state index contributed by atoms with van der Waals surface area (Å²) in [7, 11) is -3.10. The lowest BCUT2D eigenvalue weighted by Crippen LogP contribution is -2.55. The minimum atomic E-state index is -3.10. The summed E-state index contributed by atoms with van der Waals surface area (Å²) in [5.74, 6) is -1.64. The predicted octanol–water partition coefficient (Wildman–Crippen LogP) is 1.06. The molecular formula is C10H16O4S. The van der Waals surface area contributed by atoms with E-state index in [0.29, 0.717) is 0 Å². The summed E-state index contributed by atoms with van der Waals surface area (Å²) in [6.45, 7) is 0. The monoisotopic (exact) mass is 232 g/mol. The lowest BCUT2D eigenvalue weighted by atomic mass is 9.82. The van der Waals surface area contributed by atoms with Crippen molar-refractivity contribution < 1.29 is 18.3 Å². The van der Waals surface area contributed by atoms with Gasteiger partial charge in [-0.05, 0) is 18.8 Å². The van der Waals surface area contributed by atoms with Gasteiger partial charge < -0.3 is 5.11 Å². The summed E-state index contributed by atoms with van der Waals surface area (Å²) in [6, 6.07) is 0. The van der Waals surface area contributed by atoms with Gasteiger partial charge in [0, 0.05) is 0 Å². The Morgan fingerprint density at radius 1 is 1.13 bits per heavy atom. The molecule has 0 aromatic rings. The number of sulfone groups is 1. The summed E-state index contributed by atoms with van der Waals surface area (Å²) in [5.41, 5.74) is 0. The maximum Gasteiger partial charge on any atom is 0.308 e. The van der Waals surface area contributed by atoms with E-state index in [1.807, 2.05) is 0 Å². The molecule has 5 heteroatoms. The lowest BCUT2D eigenvalue weighted by Gasteiger charge is -2.40. The molecule has 0 bridgehead atoms. The van der Waals surface area contributed by atoms with Crippen LogP contribution in [0.15, 0.2) is 0 Å². The van der Waals surface area contributed by atoms with Gasteiger partial charge in [0.15, 0.2) is 9.84 Å². The van der Waals surface area contributed by atoms with Crippen molar-refractivity contribution in [2.75, 3.05) is 5.75 Å². The number of hydrogen-bond donors (Lipinski definition) is 1. The predicted molar refractivity (Wildman–Crippen MR) is 55.3 cm³/mol. The van der Waals surface area contributed by atoms with Crippen molar-refractivity contribution in [1.82, 2.24) is 0 Å². The Morgan fingerprint density at radius 3 is 2.20 bits per heavy atom. The zero-order valence-corrected chi connectivity index (χ0v) is 9.37. The minimum Gasteiger partial charge on any atom is -0.481 e. The number of carboxylic acid groups (broad SMARTS) is 1. The SMILES string of the molecule is O=C(O)C1CS(=O)(=O)C1C1CCCCC1. The van der Waals surface area contributed by atoms with Crippen LogP contribution in [0.5, 0.6) is 0 Å². The molecule has 2 unspecified atom stereocenters. The smallest absolute Gasteiger partial charge is 0.308 e. The summed E-state index contributed by atoms with van der Waals surface area (Å²) >= 11 is 0. The molecule has 1 saturated carbocycles. The zero-order chi connectivity index (χ0) is 11.1. The van der Waals surface area contributed by atoms with Crippen molar-refractivity contribution in [2.45, 2.75) is 37.4 Å². The molecule has 0 aromatic heterocycles. The van der Waals surface area contributed by atoms with E-state index in [2.05, 4.69) is 0 Å². The summed E-state index contributed by atoms with van der Waals surface area (Å²) < 4.78 is 23.1. The Bertz CT molecular complexity index is 354. The molecule has 0 amide bonds. The van der Waals surface area contributed by atoms with Crippen molar-refractivity contribution in [3.63, 3.8) is 0 Å². The van der Waals surface area contributed by atoms with Crippen LogP contribution in [-0.2, 0) is 14.6 Å².